The molecule has 2 aromatic carbocycles. The van der Waals surface area contributed by atoms with Gasteiger partial charge in [0.25, 0.3) is 0 Å². The highest BCUT2D eigenvalue weighted by atomic mass is 16.5. The van der Waals surface area contributed by atoms with Gasteiger partial charge in [0.05, 0.1) is 13.2 Å². The molecular weight excluding hydrogens is 332 g/mol. The second kappa shape index (κ2) is 8.98. The highest BCUT2D eigenvalue weighted by Crippen LogP contribution is 2.16. The molecule has 0 saturated carbocycles. The molecule has 1 fully saturated rings. The van der Waals surface area contributed by atoms with E-state index in [2.05, 4.69) is 21.3 Å². The Kier molecular flexibility index (Phi) is 6.19. The van der Waals surface area contributed by atoms with Crippen molar-refractivity contribution in [1.82, 2.24) is 5.32 Å². The first-order valence-corrected chi connectivity index (χ1v) is 8.53. The minimum Gasteiger partial charge on any atom is -0.378 e. The van der Waals surface area contributed by atoms with Crippen LogP contribution in [0, 0.1) is 0 Å². The minimum atomic E-state index is -0.344. The molecule has 2 aromatic rings. The number of anilines is 3. The molecule has 26 heavy (non-hydrogen) atoms. The standard InChI is InChI=1S/C19H22N4O3/c24-18(12-17-13-26-10-9-20-17)21-15-7-4-8-16(11-15)23-19(25)22-14-5-2-1-3-6-14/h1-8,11,17,20H,9-10,12-13H2,(H,21,24)(H2,22,23,25). The van der Waals surface area contributed by atoms with Gasteiger partial charge in [-0.15, -0.1) is 0 Å². The van der Waals surface area contributed by atoms with Gasteiger partial charge in [0.1, 0.15) is 0 Å². The fraction of sp³-hybridized carbons (Fsp3) is 0.263. The molecular formula is C19H22N4O3. The van der Waals surface area contributed by atoms with E-state index in [1.165, 1.54) is 0 Å². The molecule has 1 atom stereocenters. The number of benzene rings is 2. The van der Waals surface area contributed by atoms with E-state index in [4.69, 9.17) is 4.74 Å². The number of ether oxygens (including phenoxy) is 1. The van der Waals surface area contributed by atoms with Crippen LogP contribution in [0.4, 0.5) is 21.9 Å². The molecule has 0 bridgehead atoms. The Balaban J connectivity index is 1.52. The molecule has 136 valence electrons. The zero-order valence-electron chi connectivity index (χ0n) is 14.3. The number of hydrogen-bond acceptors (Lipinski definition) is 4. The van der Waals surface area contributed by atoms with Crippen LogP contribution in [-0.2, 0) is 9.53 Å². The molecule has 3 amide bonds. The summed E-state index contributed by atoms with van der Waals surface area (Å²) < 4.78 is 5.35. The smallest absolute Gasteiger partial charge is 0.323 e. The van der Waals surface area contributed by atoms with Gasteiger partial charge in [-0.3, -0.25) is 4.79 Å². The molecule has 1 aliphatic heterocycles. The number of carbonyl (C=O) groups excluding carboxylic acids is 2. The maximum atomic E-state index is 12.1. The van der Waals surface area contributed by atoms with Crippen LogP contribution in [0.3, 0.4) is 0 Å². The molecule has 0 aliphatic carbocycles. The fourth-order valence-corrected chi connectivity index (χ4v) is 2.68. The van der Waals surface area contributed by atoms with Gasteiger partial charge in [0.2, 0.25) is 5.91 Å². The van der Waals surface area contributed by atoms with Crippen LogP contribution in [0.25, 0.3) is 0 Å². The van der Waals surface area contributed by atoms with Crippen LogP contribution in [0.5, 0.6) is 0 Å². The Hall–Kier alpha value is -2.90. The summed E-state index contributed by atoms with van der Waals surface area (Å²) in [7, 11) is 0. The van der Waals surface area contributed by atoms with Crippen LogP contribution in [-0.4, -0.2) is 37.7 Å². The first kappa shape index (κ1) is 17.9. The Bertz CT molecular complexity index is 745. The van der Waals surface area contributed by atoms with E-state index in [-0.39, 0.29) is 18.0 Å². The Morgan fingerprint density at radius 1 is 0.962 bits per heavy atom. The van der Waals surface area contributed by atoms with E-state index in [9.17, 15) is 9.59 Å². The molecule has 0 radical (unpaired) electrons. The topological polar surface area (TPSA) is 91.5 Å². The van der Waals surface area contributed by atoms with Crippen LogP contribution in [0.1, 0.15) is 6.42 Å². The maximum absolute atomic E-state index is 12.1. The molecule has 3 rings (SSSR count). The van der Waals surface area contributed by atoms with Gasteiger partial charge in [-0.1, -0.05) is 24.3 Å². The van der Waals surface area contributed by atoms with Crippen LogP contribution in [0.15, 0.2) is 54.6 Å². The van der Waals surface area contributed by atoms with Crippen molar-refractivity contribution in [3.8, 4) is 0 Å². The normalized spacial score (nSPS) is 16.5. The Labute approximate surface area is 152 Å². The number of carbonyl (C=O) groups is 2. The first-order valence-electron chi connectivity index (χ1n) is 8.53. The van der Waals surface area contributed by atoms with Gasteiger partial charge in [0.15, 0.2) is 0 Å². The third-order valence-corrected chi connectivity index (χ3v) is 3.87. The number of para-hydroxylation sites is 1. The molecule has 1 unspecified atom stereocenters. The third kappa shape index (κ3) is 5.58. The molecule has 1 heterocycles. The number of rotatable bonds is 5. The lowest BCUT2D eigenvalue weighted by molar-refractivity contribution is -0.117. The van der Waals surface area contributed by atoms with Gasteiger partial charge < -0.3 is 26.0 Å². The number of amides is 3. The molecule has 1 aliphatic rings. The Morgan fingerprint density at radius 3 is 2.38 bits per heavy atom. The third-order valence-electron chi connectivity index (χ3n) is 3.87. The maximum Gasteiger partial charge on any atom is 0.323 e. The molecule has 7 heteroatoms. The van der Waals surface area contributed by atoms with E-state index in [0.29, 0.717) is 36.7 Å². The summed E-state index contributed by atoms with van der Waals surface area (Å²) in [5.41, 5.74) is 1.93. The van der Waals surface area contributed by atoms with Crippen molar-refractivity contribution in [2.75, 3.05) is 35.7 Å². The zero-order valence-corrected chi connectivity index (χ0v) is 14.3. The van der Waals surface area contributed by atoms with E-state index in [1.54, 1.807) is 36.4 Å². The van der Waals surface area contributed by atoms with Crippen LogP contribution >= 0.6 is 0 Å². The van der Waals surface area contributed by atoms with Gasteiger partial charge in [-0.2, -0.15) is 0 Å². The summed E-state index contributed by atoms with van der Waals surface area (Å²) in [5, 5.41) is 11.6. The fourth-order valence-electron chi connectivity index (χ4n) is 2.68. The van der Waals surface area contributed by atoms with Crippen molar-refractivity contribution >= 4 is 29.0 Å². The van der Waals surface area contributed by atoms with E-state index >= 15 is 0 Å². The zero-order chi connectivity index (χ0) is 18.2. The molecule has 0 aromatic heterocycles. The SMILES string of the molecule is O=C(CC1COCCN1)Nc1cccc(NC(=O)Nc2ccccc2)c1. The predicted octanol–water partition coefficient (Wildman–Crippen LogP) is 2.65. The predicted molar refractivity (Wildman–Crippen MR) is 101 cm³/mol. The summed E-state index contributed by atoms with van der Waals surface area (Å²) in [6, 6.07) is 15.9. The van der Waals surface area contributed by atoms with Gasteiger partial charge >= 0.3 is 6.03 Å². The largest absolute Gasteiger partial charge is 0.378 e. The summed E-state index contributed by atoms with van der Waals surface area (Å²) in [5.74, 6) is -0.0983. The van der Waals surface area contributed by atoms with Crippen LogP contribution in [0.2, 0.25) is 0 Å². The molecule has 1 saturated heterocycles. The van der Waals surface area contributed by atoms with Crippen molar-refractivity contribution in [2.45, 2.75) is 12.5 Å². The van der Waals surface area contributed by atoms with Crippen LogP contribution < -0.4 is 21.3 Å². The summed E-state index contributed by atoms with van der Waals surface area (Å²) in [4.78, 5) is 24.2. The van der Waals surface area contributed by atoms with Crippen molar-refractivity contribution < 1.29 is 14.3 Å². The van der Waals surface area contributed by atoms with Crippen molar-refractivity contribution in [3.63, 3.8) is 0 Å². The van der Waals surface area contributed by atoms with Gasteiger partial charge in [-0.25, -0.2) is 4.79 Å². The minimum absolute atomic E-state index is 0.0294. The van der Waals surface area contributed by atoms with Crippen molar-refractivity contribution in [3.05, 3.63) is 54.6 Å². The highest BCUT2D eigenvalue weighted by molar-refractivity contribution is 6.00. The number of hydrogen-bond donors (Lipinski definition) is 4. The molecule has 7 nitrogen and oxygen atoms in total. The molecule has 4 N–H and O–H groups in total. The first-order chi connectivity index (χ1) is 12.7. The van der Waals surface area contributed by atoms with Gasteiger partial charge in [-0.05, 0) is 30.3 Å². The second-order valence-corrected chi connectivity index (χ2v) is 6.00. The van der Waals surface area contributed by atoms with Crippen molar-refractivity contribution in [2.24, 2.45) is 0 Å². The molecule has 0 spiro atoms. The number of nitrogens with one attached hydrogen (secondary N) is 4. The van der Waals surface area contributed by atoms with E-state index in [1.807, 2.05) is 18.2 Å². The van der Waals surface area contributed by atoms with E-state index < -0.39 is 0 Å². The average molecular weight is 354 g/mol. The summed E-state index contributed by atoms with van der Waals surface area (Å²) in [6.07, 6.45) is 0.339. The number of urea groups is 1. The second-order valence-electron chi connectivity index (χ2n) is 6.00. The number of morpholine rings is 1. The van der Waals surface area contributed by atoms with E-state index in [0.717, 1.165) is 6.54 Å². The summed E-state index contributed by atoms with van der Waals surface area (Å²) in [6.45, 7) is 1.97. The highest BCUT2D eigenvalue weighted by Gasteiger charge is 2.17. The lowest BCUT2D eigenvalue weighted by Gasteiger charge is -2.23. The average Bonchev–Trinajstić information content (AvgIpc) is 2.63. The Morgan fingerprint density at radius 2 is 1.65 bits per heavy atom. The lowest BCUT2D eigenvalue weighted by Crippen LogP contribution is -2.43. The quantitative estimate of drug-likeness (QED) is 0.664. The lowest BCUT2D eigenvalue weighted by atomic mass is 10.2. The van der Waals surface area contributed by atoms with Crippen molar-refractivity contribution in [1.29, 1.82) is 0 Å². The monoisotopic (exact) mass is 354 g/mol. The van der Waals surface area contributed by atoms with Gasteiger partial charge in [0, 0.05) is 36.1 Å². The summed E-state index contributed by atoms with van der Waals surface area (Å²) >= 11 is 0.